The number of hydrogen-bond acceptors (Lipinski definition) is 3. The average molecular weight is 390 g/mol. The van der Waals surface area contributed by atoms with Crippen molar-refractivity contribution < 1.29 is 24.5 Å². The lowest BCUT2D eigenvalue weighted by Gasteiger charge is -2.35. The minimum atomic E-state index is -1.83. The van der Waals surface area contributed by atoms with Gasteiger partial charge in [-0.1, -0.05) is 97.6 Å². The molecule has 0 aliphatic rings. The number of hydrogen-bond donors (Lipinski definition) is 2. The summed E-state index contributed by atoms with van der Waals surface area (Å²) in [5.74, 6) is -0.420. The molecule has 148 valence electrons. The summed E-state index contributed by atoms with van der Waals surface area (Å²) >= 11 is 0. The predicted octanol–water partition coefficient (Wildman–Crippen LogP) is 5.32. The zero-order valence-electron chi connectivity index (χ0n) is 16.0. The summed E-state index contributed by atoms with van der Waals surface area (Å²) in [6.45, 7) is 5.41. The highest BCUT2D eigenvalue weighted by Crippen LogP contribution is 2.40. The van der Waals surface area contributed by atoms with Gasteiger partial charge in [0, 0.05) is 22.3 Å². The molecule has 0 aliphatic carbocycles. The second-order valence-electron chi connectivity index (χ2n) is 6.23. The van der Waals surface area contributed by atoms with Crippen LogP contribution < -0.4 is 0 Å². The molecule has 0 radical (unpaired) electrons. The monoisotopic (exact) mass is 390 g/mol. The van der Waals surface area contributed by atoms with Crippen LogP contribution in [0.15, 0.2) is 103 Å². The first-order valence-electron chi connectivity index (χ1n) is 8.85. The predicted molar refractivity (Wildman–Crippen MR) is 111 cm³/mol. The molecule has 0 spiro atoms. The van der Waals surface area contributed by atoms with E-state index in [4.69, 9.17) is 19.7 Å². The largest absolute Gasteiger partial charge is 0.503 e. The zero-order chi connectivity index (χ0) is 21.3. The molecular formula is C24H22O5. The minimum absolute atomic E-state index is 0.368. The van der Waals surface area contributed by atoms with Gasteiger partial charge in [0.25, 0.3) is 0 Å². The van der Waals surface area contributed by atoms with Gasteiger partial charge in [0.15, 0.2) is 5.60 Å². The van der Waals surface area contributed by atoms with Crippen LogP contribution in [-0.4, -0.2) is 22.3 Å². The summed E-state index contributed by atoms with van der Waals surface area (Å²) in [5, 5.41) is 13.9. The Hall–Kier alpha value is -3.86. The third kappa shape index (κ3) is 5.32. The standard InChI is InChI=1S/C23H20O2.CH2O3/c1-18(2)22(24)25-23(19-12-6-3-7-13-19,20-14-8-4-9-15-20)21-16-10-5-11-17-21;2-1(3)4/h3-17H,1H2,2H3;(H2,2,3,4). The number of benzene rings is 3. The van der Waals surface area contributed by atoms with Crippen LogP contribution in [0.3, 0.4) is 0 Å². The van der Waals surface area contributed by atoms with E-state index in [1.807, 2.05) is 91.0 Å². The summed E-state index contributed by atoms with van der Waals surface area (Å²) in [6.07, 6.45) is -1.83. The first-order chi connectivity index (χ1) is 13.9. The minimum Gasteiger partial charge on any atom is -0.450 e. The molecule has 0 aliphatic heterocycles. The van der Waals surface area contributed by atoms with Gasteiger partial charge in [0.1, 0.15) is 0 Å². The van der Waals surface area contributed by atoms with Crippen LogP contribution in [0.25, 0.3) is 0 Å². The van der Waals surface area contributed by atoms with Crippen molar-refractivity contribution in [1.82, 2.24) is 0 Å². The van der Waals surface area contributed by atoms with Crippen molar-refractivity contribution in [1.29, 1.82) is 0 Å². The van der Waals surface area contributed by atoms with Gasteiger partial charge in [-0.25, -0.2) is 9.59 Å². The van der Waals surface area contributed by atoms with Crippen LogP contribution >= 0.6 is 0 Å². The summed E-state index contributed by atoms with van der Waals surface area (Å²) < 4.78 is 6.12. The quantitative estimate of drug-likeness (QED) is 0.350. The number of carbonyl (C=O) groups excluding carboxylic acids is 1. The first kappa shape index (κ1) is 21.4. The highest BCUT2D eigenvalue weighted by Gasteiger charge is 2.40. The Morgan fingerprint density at radius 1 is 0.724 bits per heavy atom. The molecule has 3 aromatic rings. The Morgan fingerprint density at radius 2 is 1.00 bits per heavy atom. The van der Waals surface area contributed by atoms with Crippen LogP contribution in [0, 0.1) is 0 Å². The lowest BCUT2D eigenvalue weighted by molar-refractivity contribution is -0.148. The van der Waals surface area contributed by atoms with Gasteiger partial charge < -0.3 is 14.9 Å². The molecule has 5 heteroatoms. The van der Waals surface area contributed by atoms with E-state index in [1.54, 1.807) is 6.92 Å². The van der Waals surface area contributed by atoms with Crippen molar-refractivity contribution >= 4 is 12.1 Å². The molecule has 0 aromatic heterocycles. The van der Waals surface area contributed by atoms with E-state index in [-0.39, 0.29) is 0 Å². The number of carbonyl (C=O) groups is 2. The molecular weight excluding hydrogens is 368 g/mol. The van der Waals surface area contributed by atoms with Crippen LogP contribution in [-0.2, 0) is 15.1 Å². The maximum atomic E-state index is 12.6. The van der Waals surface area contributed by atoms with Crippen LogP contribution in [0.4, 0.5) is 4.79 Å². The van der Waals surface area contributed by atoms with Gasteiger partial charge in [-0.2, -0.15) is 0 Å². The van der Waals surface area contributed by atoms with E-state index in [0.29, 0.717) is 5.57 Å². The third-order valence-corrected chi connectivity index (χ3v) is 4.14. The Bertz CT molecular complexity index is 850. The van der Waals surface area contributed by atoms with Crippen molar-refractivity contribution in [3.8, 4) is 0 Å². The second kappa shape index (κ2) is 9.90. The lowest BCUT2D eigenvalue weighted by atomic mass is 9.80. The van der Waals surface area contributed by atoms with Gasteiger partial charge in [0.05, 0.1) is 0 Å². The fourth-order valence-electron chi connectivity index (χ4n) is 2.92. The van der Waals surface area contributed by atoms with Crippen molar-refractivity contribution in [3.05, 3.63) is 120 Å². The molecule has 5 nitrogen and oxygen atoms in total. The fraction of sp³-hybridized carbons (Fsp3) is 0.0833. The maximum Gasteiger partial charge on any atom is 0.503 e. The smallest absolute Gasteiger partial charge is 0.450 e. The van der Waals surface area contributed by atoms with Gasteiger partial charge in [-0.15, -0.1) is 0 Å². The highest BCUT2D eigenvalue weighted by molar-refractivity contribution is 5.88. The molecule has 0 heterocycles. The number of esters is 1. The van der Waals surface area contributed by atoms with E-state index >= 15 is 0 Å². The second-order valence-corrected chi connectivity index (χ2v) is 6.23. The summed E-state index contributed by atoms with van der Waals surface area (Å²) in [5.41, 5.74) is 2.01. The molecule has 0 amide bonds. The Labute approximate surface area is 169 Å². The number of ether oxygens (including phenoxy) is 1. The average Bonchev–Trinajstić information content (AvgIpc) is 2.73. The van der Waals surface area contributed by atoms with Gasteiger partial charge in [0.2, 0.25) is 0 Å². The molecule has 0 saturated heterocycles. The van der Waals surface area contributed by atoms with Crippen molar-refractivity contribution in [2.45, 2.75) is 12.5 Å². The maximum absolute atomic E-state index is 12.6. The van der Waals surface area contributed by atoms with E-state index < -0.39 is 17.7 Å². The SMILES string of the molecule is C=C(C)C(=O)OC(c1ccccc1)(c1ccccc1)c1ccccc1.O=C(O)O. The van der Waals surface area contributed by atoms with E-state index in [2.05, 4.69) is 6.58 Å². The Kier molecular flexibility index (Phi) is 7.32. The van der Waals surface area contributed by atoms with Crippen LogP contribution in [0.5, 0.6) is 0 Å². The fourth-order valence-corrected chi connectivity index (χ4v) is 2.92. The summed E-state index contributed by atoms with van der Waals surface area (Å²) in [7, 11) is 0. The van der Waals surface area contributed by atoms with Crippen LogP contribution in [0.2, 0.25) is 0 Å². The molecule has 3 rings (SSSR count). The zero-order valence-corrected chi connectivity index (χ0v) is 16.0. The van der Waals surface area contributed by atoms with E-state index in [1.165, 1.54) is 0 Å². The molecule has 0 fully saturated rings. The topological polar surface area (TPSA) is 83.8 Å². The lowest BCUT2D eigenvalue weighted by Crippen LogP contribution is -2.35. The van der Waals surface area contributed by atoms with E-state index in [0.717, 1.165) is 16.7 Å². The number of rotatable bonds is 5. The first-order valence-corrected chi connectivity index (χ1v) is 8.85. The van der Waals surface area contributed by atoms with Gasteiger partial charge in [-0.3, -0.25) is 0 Å². The highest BCUT2D eigenvalue weighted by atomic mass is 16.6. The summed E-state index contributed by atoms with van der Waals surface area (Å²) in [4.78, 5) is 21.1. The molecule has 0 atom stereocenters. The number of carboxylic acid groups (broad SMARTS) is 2. The van der Waals surface area contributed by atoms with E-state index in [9.17, 15) is 4.79 Å². The van der Waals surface area contributed by atoms with Crippen molar-refractivity contribution in [3.63, 3.8) is 0 Å². The van der Waals surface area contributed by atoms with Crippen molar-refractivity contribution in [2.24, 2.45) is 0 Å². The Balaban J connectivity index is 0.000000687. The summed E-state index contributed by atoms with van der Waals surface area (Å²) in [6, 6.07) is 29.4. The van der Waals surface area contributed by atoms with Crippen LogP contribution in [0.1, 0.15) is 23.6 Å². The molecule has 0 unspecified atom stereocenters. The van der Waals surface area contributed by atoms with Gasteiger partial charge in [-0.05, 0) is 6.92 Å². The van der Waals surface area contributed by atoms with Gasteiger partial charge >= 0.3 is 12.1 Å². The third-order valence-electron chi connectivity index (χ3n) is 4.14. The Morgan fingerprint density at radius 3 is 1.24 bits per heavy atom. The molecule has 0 saturated carbocycles. The normalized spacial score (nSPS) is 10.2. The molecule has 2 N–H and O–H groups in total. The molecule has 3 aromatic carbocycles. The molecule has 0 bridgehead atoms. The molecule has 29 heavy (non-hydrogen) atoms. The van der Waals surface area contributed by atoms with Crippen molar-refractivity contribution in [2.75, 3.05) is 0 Å².